The van der Waals surface area contributed by atoms with Gasteiger partial charge in [0, 0.05) is 11.3 Å². The van der Waals surface area contributed by atoms with Crippen LogP contribution >= 0.6 is 0 Å². The summed E-state index contributed by atoms with van der Waals surface area (Å²) in [7, 11) is 0. The molecule has 2 rings (SSSR count). The van der Waals surface area contributed by atoms with Crippen LogP contribution in [0.4, 0.5) is 13.2 Å². The first-order valence-corrected chi connectivity index (χ1v) is 4.12. The molecule has 1 heterocycles. The number of nitrogens with one attached hydrogen (secondary N) is 1. The van der Waals surface area contributed by atoms with Gasteiger partial charge in [-0.2, -0.15) is 18.3 Å². The summed E-state index contributed by atoms with van der Waals surface area (Å²) < 4.78 is 37.1. The molecule has 72 valence electrons. The van der Waals surface area contributed by atoms with E-state index in [4.69, 9.17) is 0 Å². The van der Waals surface area contributed by atoms with Crippen molar-refractivity contribution < 1.29 is 13.2 Å². The van der Waals surface area contributed by atoms with E-state index in [-0.39, 0.29) is 5.92 Å². The lowest BCUT2D eigenvalue weighted by atomic mass is 10.1. The van der Waals surface area contributed by atoms with Gasteiger partial charge in [0.25, 0.3) is 0 Å². The van der Waals surface area contributed by atoms with Crippen molar-refractivity contribution in [2.24, 2.45) is 0 Å². The first-order chi connectivity index (χ1) is 6.00. The van der Waals surface area contributed by atoms with E-state index < -0.39 is 11.9 Å². The molecule has 0 unspecified atom stereocenters. The minimum atomic E-state index is -4.32. The van der Waals surface area contributed by atoms with Crippen molar-refractivity contribution >= 4 is 0 Å². The molecule has 0 aromatic carbocycles. The summed E-state index contributed by atoms with van der Waals surface area (Å²) in [6, 6.07) is 0. The minimum absolute atomic E-state index is 0.0791. The zero-order valence-electron chi connectivity index (χ0n) is 7.07. The lowest BCUT2D eigenvalue weighted by Gasteiger charge is -2.05. The lowest BCUT2D eigenvalue weighted by Crippen LogP contribution is -2.08. The summed E-state index contributed by atoms with van der Waals surface area (Å²) in [5, 5.41) is 5.69. The van der Waals surface area contributed by atoms with E-state index in [9.17, 15) is 13.2 Å². The van der Waals surface area contributed by atoms with Crippen LogP contribution in [0.5, 0.6) is 0 Å². The highest BCUT2D eigenvalue weighted by molar-refractivity contribution is 5.33. The maximum absolute atomic E-state index is 12.4. The van der Waals surface area contributed by atoms with E-state index in [1.807, 2.05) is 0 Å². The van der Waals surface area contributed by atoms with Crippen LogP contribution in [0, 0.1) is 6.92 Å². The van der Waals surface area contributed by atoms with Crippen molar-refractivity contribution in [2.45, 2.75) is 31.9 Å². The molecule has 0 saturated heterocycles. The van der Waals surface area contributed by atoms with Crippen LogP contribution in [-0.4, -0.2) is 10.2 Å². The van der Waals surface area contributed by atoms with Gasteiger partial charge >= 0.3 is 6.18 Å². The Morgan fingerprint density at radius 3 is 2.46 bits per heavy atom. The van der Waals surface area contributed by atoms with Crippen LogP contribution in [0.3, 0.4) is 0 Å². The van der Waals surface area contributed by atoms with Crippen molar-refractivity contribution in [1.29, 1.82) is 0 Å². The Balaban J connectivity index is 2.45. The summed E-state index contributed by atoms with van der Waals surface area (Å²) in [4.78, 5) is 0. The Morgan fingerprint density at radius 1 is 1.38 bits per heavy atom. The van der Waals surface area contributed by atoms with Crippen molar-refractivity contribution in [1.82, 2.24) is 10.2 Å². The van der Waals surface area contributed by atoms with Crippen molar-refractivity contribution in [3.63, 3.8) is 0 Å². The van der Waals surface area contributed by atoms with Crippen LogP contribution < -0.4 is 0 Å². The number of aryl methyl sites for hydroxylation is 1. The van der Waals surface area contributed by atoms with Crippen molar-refractivity contribution in [3.05, 3.63) is 17.0 Å². The second-order valence-electron chi connectivity index (χ2n) is 3.38. The molecule has 0 radical (unpaired) electrons. The van der Waals surface area contributed by atoms with E-state index in [1.165, 1.54) is 0 Å². The fourth-order valence-corrected chi connectivity index (χ4v) is 1.53. The number of aromatic amines is 1. The van der Waals surface area contributed by atoms with Gasteiger partial charge in [-0.1, -0.05) is 0 Å². The molecule has 0 bridgehead atoms. The molecule has 2 nitrogen and oxygen atoms in total. The Bertz CT molecular complexity index is 323. The molecule has 0 spiro atoms. The maximum Gasteiger partial charge on any atom is 0.435 e. The fraction of sp³-hybridized carbons (Fsp3) is 0.625. The summed E-state index contributed by atoms with van der Waals surface area (Å²) in [5.41, 5.74) is 0.190. The quantitative estimate of drug-likeness (QED) is 0.724. The highest BCUT2D eigenvalue weighted by Gasteiger charge is 2.41. The molecular formula is C8H9F3N2. The summed E-state index contributed by atoms with van der Waals surface area (Å²) in [6.07, 6.45) is -2.62. The molecule has 0 amide bonds. The Kier molecular flexibility index (Phi) is 1.65. The molecule has 1 fully saturated rings. The Labute approximate surface area is 73.1 Å². The monoisotopic (exact) mass is 190 g/mol. The largest absolute Gasteiger partial charge is 0.435 e. The number of aromatic nitrogens is 2. The SMILES string of the molecule is Cc1[nH]nc(C(F)(F)F)c1C1CC1. The predicted octanol–water partition coefficient (Wildman–Crippen LogP) is 2.61. The van der Waals surface area contributed by atoms with Crippen LogP contribution in [0.2, 0.25) is 0 Å². The zero-order chi connectivity index (χ0) is 9.64. The van der Waals surface area contributed by atoms with E-state index in [2.05, 4.69) is 10.2 Å². The maximum atomic E-state index is 12.4. The highest BCUT2D eigenvalue weighted by atomic mass is 19.4. The van der Waals surface area contributed by atoms with Gasteiger partial charge in [-0.05, 0) is 25.7 Å². The van der Waals surface area contributed by atoms with Crippen LogP contribution in [-0.2, 0) is 6.18 Å². The van der Waals surface area contributed by atoms with E-state index in [0.29, 0.717) is 11.3 Å². The van der Waals surface area contributed by atoms with Gasteiger partial charge in [0.05, 0.1) is 0 Å². The van der Waals surface area contributed by atoms with Gasteiger partial charge in [0.15, 0.2) is 5.69 Å². The third-order valence-corrected chi connectivity index (χ3v) is 2.25. The predicted molar refractivity (Wildman–Crippen MR) is 40.3 cm³/mol. The number of H-pyrrole nitrogens is 1. The van der Waals surface area contributed by atoms with Gasteiger partial charge in [0.2, 0.25) is 0 Å². The molecule has 1 aliphatic rings. The lowest BCUT2D eigenvalue weighted by molar-refractivity contribution is -0.141. The van der Waals surface area contributed by atoms with Crippen molar-refractivity contribution in [2.75, 3.05) is 0 Å². The first-order valence-electron chi connectivity index (χ1n) is 4.12. The number of hydrogen-bond donors (Lipinski definition) is 1. The molecule has 1 N–H and O–H groups in total. The smallest absolute Gasteiger partial charge is 0.282 e. The molecule has 0 aliphatic heterocycles. The number of nitrogens with zero attached hydrogens (tertiary/aromatic N) is 1. The van der Waals surface area contributed by atoms with Crippen LogP contribution in [0.1, 0.15) is 35.7 Å². The third kappa shape index (κ3) is 1.43. The van der Waals surface area contributed by atoms with Gasteiger partial charge in [-0.15, -0.1) is 0 Å². The van der Waals surface area contributed by atoms with E-state index >= 15 is 0 Å². The number of rotatable bonds is 1. The number of hydrogen-bond acceptors (Lipinski definition) is 1. The zero-order valence-corrected chi connectivity index (χ0v) is 7.07. The number of halogens is 3. The average molecular weight is 190 g/mol. The molecule has 1 aliphatic carbocycles. The third-order valence-electron chi connectivity index (χ3n) is 2.25. The van der Waals surface area contributed by atoms with Crippen LogP contribution in [0.25, 0.3) is 0 Å². The molecular weight excluding hydrogens is 181 g/mol. The normalized spacial score (nSPS) is 17.8. The minimum Gasteiger partial charge on any atom is -0.282 e. The van der Waals surface area contributed by atoms with Crippen LogP contribution in [0.15, 0.2) is 0 Å². The molecule has 0 atom stereocenters. The van der Waals surface area contributed by atoms with Gasteiger partial charge in [-0.25, -0.2) is 0 Å². The molecule has 13 heavy (non-hydrogen) atoms. The standard InChI is InChI=1S/C8H9F3N2/c1-4-6(5-2-3-5)7(13-12-4)8(9,10)11/h5H,2-3H2,1H3,(H,12,13). The van der Waals surface area contributed by atoms with Gasteiger partial charge < -0.3 is 0 Å². The molecule has 1 aromatic heterocycles. The van der Waals surface area contributed by atoms with E-state index in [1.54, 1.807) is 6.92 Å². The summed E-state index contributed by atoms with van der Waals surface area (Å²) in [5.74, 6) is 0.0791. The number of alkyl halides is 3. The second-order valence-corrected chi connectivity index (χ2v) is 3.38. The summed E-state index contributed by atoms with van der Waals surface area (Å²) >= 11 is 0. The van der Waals surface area contributed by atoms with E-state index in [0.717, 1.165) is 12.8 Å². The first kappa shape index (κ1) is 8.59. The highest BCUT2D eigenvalue weighted by Crippen LogP contribution is 2.46. The second kappa shape index (κ2) is 2.49. The molecule has 1 aromatic rings. The topological polar surface area (TPSA) is 28.7 Å². The fourth-order valence-electron chi connectivity index (χ4n) is 1.53. The van der Waals surface area contributed by atoms with Gasteiger partial charge in [-0.3, -0.25) is 5.10 Å². The molecule has 5 heteroatoms. The van der Waals surface area contributed by atoms with Crippen molar-refractivity contribution in [3.8, 4) is 0 Å². The van der Waals surface area contributed by atoms with Gasteiger partial charge in [0.1, 0.15) is 0 Å². The average Bonchev–Trinajstić information content (AvgIpc) is 2.73. The summed E-state index contributed by atoms with van der Waals surface area (Å²) in [6.45, 7) is 1.63. The Morgan fingerprint density at radius 2 is 2.00 bits per heavy atom. The Hall–Kier alpha value is -1.00. The molecule has 1 saturated carbocycles.